The number of primary amides is 1. The molecular formula is C30H38N6O2. The van der Waals surface area contributed by atoms with Crippen molar-refractivity contribution in [3.63, 3.8) is 0 Å². The lowest BCUT2D eigenvalue weighted by Gasteiger charge is -2.34. The van der Waals surface area contributed by atoms with E-state index in [2.05, 4.69) is 57.4 Å². The Labute approximate surface area is 225 Å². The highest BCUT2D eigenvalue weighted by Crippen LogP contribution is 2.52. The number of hydrogen-bond acceptors (Lipinski definition) is 6. The fourth-order valence-electron chi connectivity index (χ4n) is 5.54. The minimum Gasteiger partial charge on any atom is -0.364 e. The number of pyridine rings is 1. The van der Waals surface area contributed by atoms with Crippen LogP contribution in [0.3, 0.4) is 0 Å². The number of carbonyl (C=O) groups excluding carboxylic acids is 2. The molecule has 2 fully saturated rings. The van der Waals surface area contributed by atoms with Gasteiger partial charge in [0.15, 0.2) is 0 Å². The fraction of sp³-hybridized carbons (Fsp3) is 0.400. The molecule has 1 saturated carbocycles. The first kappa shape index (κ1) is 27.4. The van der Waals surface area contributed by atoms with Crippen molar-refractivity contribution in [1.29, 1.82) is 5.41 Å². The molecule has 4 N–H and O–H groups in total. The first-order valence-electron chi connectivity index (χ1n) is 13.4. The maximum absolute atomic E-state index is 12.5. The lowest BCUT2D eigenvalue weighted by atomic mass is 9.80. The molecule has 3 aliphatic rings. The Morgan fingerprint density at radius 3 is 2.42 bits per heavy atom. The van der Waals surface area contributed by atoms with Gasteiger partial charge < -0.3 is 16.0 Å². The van der Waals surface area contributed by atoms with E-state index >= 15 is 0 Å². The quantitative estimate of drug-likeness (QED) is 0.509. The molecule has 8 heteroatoms. The second-order valence-electron chi connectivity index (χ2n) is 10.2. The number of rotatable bonds is 6. The topological polar surface area (TPSA) is 115 Å². The molecule has 1 aromatic heterocycles. The van der Waals surface area contributed by atoms with Crippen LogP contribution in [0.1, 0.15) is 44.2 Å². The highest BCUT2D eigenvalue weighted by atomic mass is 16.2. The number of hydrogen-bond donors (Lipinski definition) is 3. The van der Waals surface area contributed by atoms with Crippen molar-refractivity contribution in [2.45, 2.75) is 45.1 Å². The number of aromatic nitrogens is 1. The molecule has 1 aliphatic carbocycles. The van der Waals surface area contributed by atoms with E-state index in [9.17, 15) is 9.59 Å². The van der Waals surface area contributed by atoms with Gasteiger partial charge in [-0.25, -0.2) is 4.98 Å². The van der Waals surface area contributed by atoms with E-state index in [0.29, 0.717) is 18.7 Å². The third-order valence-electron chi connectivity index (χ3n) is 7.57. The molecule has 8 nitrogen and oxygen atoms in total. The lowest BCUT2D eigenvalue weighted by Crippen LogP contribution is -2.45. The first-order chi connectivity index (χ1) is 18.4. The summed E-state index contributed by atoms with van der Waals surface area (Å²) in [5, 5.41) is 10.5. The molecule has 3 heterocycles. The second kappa shape index (κ2) is 12.3. The number of carbonyl (C=O) groups is 2. The molecule has 5 rings (SSSR count). The Morgan fingerprint density at radius 2 is 1.76 bits per heavy atom. The van der Waals surface area contributed by atoms with E-state index in [1.807, 2.05) is 25.1 Å². The lowest BCUT2D eigenvalue weighted by molar-refractivity contribution is -0.120. The number of nitrogens with zero attached hydrogens (tertiary/aromatic N) is 3. The summed E-state index contributed by atoms with van der Waals surface area (Å²) in [5.41, 5.74) is 8.25. The highest BCUT2D eigenvalue weighted by molar-refractivity contribution is 6.41. The van der Waals surface area contributed by atoms with Crippen LogP contribution in [0.4, 0.5) is 5.82 Å². The number of piperazine rings is 1. The summed E-state index contributed by atoms with van der Waals surface area (Å²) in [6.07, 6.45) is 7.27. The average Bonchev–Trinajstić information content (AvgIpc) is 3.43. The normalized spacial score (nSPS) is 23.3. The Morgan fingerprint density at radius 1 is 1.08 bits per heavy atom. The van der Waals surface area contributed by atoms with E-state index in [0.717, 1.165) is 23.3 Å². The standard InChI is InChI=1S/C16H16N4O2.C14H22N2/c1-2-9-7-16(8-10(9)6-12(17)13(18)21)11-4-3-5-19-14(11)20-15(16)22;1-2-8-15-9-11-16(12-10-15)13-14-6-4-3-5-7-14/h2-6,17H,7-8H2,1H3,(H2,18,21)(H,19,20,22);3-7H,2,8-13H2,1H3/b9-2-,10-6-,17-12?;. The highest BCUT2D eigenvalue weighted by Gasteiger charge is 2.52. The van der Waals surface area contributed by atoms with Crippen LogP contribution in [0.5, 0.6) is 0 Å². The van der Waals surface area contributed by atoms with Crippen LogP contribution in [0, 0.1) is 5.41 Å². The number of amides is 2. The third-order valence-corrected chi connectivity index (χ3v) is 7.57. The Kier molecular flexibility index (Phi) is 8.86. The van der Waals surface area contributed by atoms with Gasteiger partial charge in [0, 0.05) is 44.5 Å². The number of allylic oxidation sites excluding steroid dienone is 3. The Bertz CT molecular complexity index is 1230. The smallest absolute Gasteiger partial charge is 0.266 e. The molecule has 1 aromatic carbocycles. The average molecular weight is 515 g/mol. The van der Waals surface area contributed by atoms with Gasteiger partial charge in [0.25, 0.3) is 5.91 Å². The van der Waals surface area contributed by atoms with Crippen molar-refractivity contribution in [2.75, 3.05) is 38.0 Å². The number of fused-ring (bicyclic) bond motifs is 2. The maximum Gasteiger partial charge on any atom is 0.266 e. The predicted molar refractivity (Wildman–Crippen MR) is 151 cm³/mol. The van der Waals surface area contributed by atoms with Crippen molar-refractivity contribution < 1.29 is 9.59 Å². The van der Waals surface area contributed by atoms with Crippen LogP contribution >= 0.6 is 0 Å². The molecule has 0 radical (unpaired) electrons. The third kappa shape index (κ3) is 6.09. The molecule has 1 spiro atoms. The fourth-order valence-corrected chi connectivity index (χ4v) is 5.54. The molecule has 1 atom stereocenters. The zero-order chi connectivity index (χ0) is 27.1. The number of benzene rings is 1. The zero-order valence-electron chi connectivity index (χ0n) is 22.4. The van der Waals surface area contributed by atoms with Crippen LogP contribution in [-0.2, 0) is 21.5 Å². The molecular weight excluding hydrogens is 476 g/mol. The monoisotopic (exact) mass is 514 g/mol. The maximum atomic E-state index is 12.5. The van der Waals surface area contributed by atoms with Crippen LogP contribution < -0.4 is 11.1 Å². The summed E-state index contributed by atoms with van der Waals surface area (Å²) in [4.78, 5) is 33.0. The largest absolute Gasteiger partial charge is 0.364 e. The van der Waals surface area contributed by atoms with Gasteiger partial charge in [-0.2, -0.15) is 0 Å². The van der Waals surface area contributed by atoms with E-state index in [1.54, 1.807) is 6.20 Å². The molecule has 2 amide bonds. The summed E-state index contributed by atoms with van der Waals surface area (Å²) in [6, 6.07) is 14.5. The minimum absolute atomic E-state index is 0.0884. The van der Waals surface area contributed by atoms with Crippen molar-refractivity contribution in [1.82, 2.24) is 14.8 Å². The van der Waals surface area contributed by atoms with Crippen molar-refractivity contribution in [3.8, 4) is 0 Å². The molecule has 200 valence electrons. The van der Waals surface area contributed by atoms with Crippen molar-refractivity contribution in [2.24, 2.45) is 5.73 Å². The summed E-state index contributed by atoms with van der Waals surface area (Å²) in [7, 11) is 0. The second-order valence-corrected chi connectivity index (χ2v) is 10.2. The molecule has 38 heavy (non-hydrogen) atoms. The summed E-state index contributed by atoms with van der Waals surface area (Å²) in [5.74, 6) is -0.273. The Hall–Kier alpha value is -3.62. The summed E-state index contributed by atoms with van der Waals surface area (Å²) in [6.45, 7) is 11.4. The molecule has 1 saturated heterocycles. The first-order valence-corrected chi connectivity index (χ1v) is 13.4. The Balaban J connectivity index is 0.000000186. The van der Waals surface area contributed by atoms with Gasteiger partial charge in [-0.3, -0.25) is 19.9 Å². The van der Waals surface area contributed by atoms with E-state index < -0.39 is 11.3 Å². The number of nitrogens with one attached hydrogen (secondary N) is 2. The van der Waals surface area contributed by atoms with Crippen molar-refractivity contribution in [3.05, 3.63) is 83.1 Å². The predicted octanol–water partition coefficient (Wildman–Crippen LogP) is 3.66. The zero-order valence-corrected chi connectivity index (χ0v) is 22.4. The van der Waals surface area contributed by atoms with Crippen LogP contribution in [0.2, 0.25) is 0 Å². The van der Waals surface area contributed by atoms with E-state index in [4.69, 9.17) is 11.1 Å². The van der Waals surface area contributed by atoms with Gasteiger partial charge in [0.2, 0.25) is 5.91 Å². The minimum atomic E-state index is -0.776. The molecule has 2 aliphatic heterocycles. The van der Waals surface area contributed by atoms with Gasteiger partial charge in [0.1, 0.15) is 11.5 Å². The van der Waals surface area contributed by atoms with Crippen LogP contribution in [-0.4, -0.2) is 65.0 Å². The van der Waals surface area contributed by atoms with Gasteiger partial charge in [-0.1, -0.05) is 49.4 Å². The van der Waals surface area contributed by atoms with E-state index in [1.165, 1.54) is 50.8 Å². The molecule has 1 unspecified atom stereocenters. The van der Waals surface area contributed by atoms with E-state index in [-0.39, 0.29) is 11.6 Å². The summed E-state index contributed by atoms with van der Waals surface area (Å²) < 4.78 is 0. The molecule has 2 aromatic rings. The van der Waals surface area contributed by atoms with Crippen LogP contribution in [0.25, 0.3) is 0 Å². The molecule has 0 bridgehead atoms. The SMILES string of the molecule is C/C=C1/CC2(C/C1=C/C(=N)C(N)=O)C(=O)Nc1ncccc12.CCCN1CCN(Cc2ccccc2)CC1. The van der Waals surface area contributed by atoms with Gasteiger partial charge in [-0.05, 0) is 61.6 Å². The van der Waals surface area contributed by atoms with Crippen LogP contribution in [0.15, 0.2) is 72.0 Å². The van der Waals surface area contributed by atoms with Gasteiger partial charge >= 0.3 is 0 Å². The number of anilines is 1. The number of nitrogens with two attached hydrogens (primary N) is 1. The van der Waals surface area contributed by atoms with Gasteiger partial charge in [0.05, 0.1) is 5.41 Å². The van der Waals surface area contributed by atoms with Gasteiger partial charge in [-0.15, -0.1) is 0 Å². The summed E-state index contributed by atoms with van der Waals surface area (Å²) >= 11 is 0. The van der Waals surface area contributed by atoms with Crippen molar-refractivity contribution >= 4 is 23.3 Å².